The first kappa shape index (κ1) is 13.7. The zero-order valence-corrected chi connectivity index (χ0v) is 10.8. The van der Waals surface area contributed by atoms with E-state index in [1.54, 1.807) is 0 Å². The Morgan fingerprint density at radius 2 is 1.88 bits per heavy atom. The maximum absolute atomic E-state index is 12.0. The van der Waals surface area contributed by atoms with E-state index in [1.807, 2.05) is 0 Å². The van der Waals surface area contributed by atoms with Crippen molar-refractivity contribution in [1.82, 2.24) is 14.8 Å². The molecule has 0 aromatic carbocycles. The van der Waals surface area contributed by atoms with Gasteiger partial charge in [0.15, 0.2) is 0 Å². The number of carbonyl (C=O) groups is 1. The summed E-state index contributed by atoms with van der Waals surface area (Å²) in [5.41, 5.74) is 0.389. The number of rotatable bonds is 4. The average molecular weight is 261 g/mol. The first-order valence-corrected chi connectivity index (χ1v) is 6.27. The van der Waals surface area contributed by atoms with Gasteiger partial charge in [-0.2, -0.15) is 0 Å². The van der Waals surface area contributed by atoms with Crippen LogP contribution in [0.5, 0.6) is 0 Å². The molecule has 0 saturated heterocycles. The van der Waals surface area contributed by atoms with Gasteiger partial charge in [0.2, 0.25) is 0 Å². The van der Waals surface area contributed by atoms with Crippen molar-refractivity contribution >= 4 is 16.0 Å². The lowest BCUT2D eigenvalue weighted by Crippen LogP contribution is -2.36. The summed E-state index contributed by atoms with van der Waals surface area (Å²) in [6, 6.07) is 0. The molecule has 96 valence electrons. The molecule has 0 atom stereocenters. The summed E-state index contributed by atoms with van der Waals surface area (Å²) >= 11 is 0. The van der Waals surface area contributed by atoms with Crippen LogP contribution in [0.3, 0.4) is 0 Å². The summed E-state index contributed by atoms with van der Waals surface area (Å²) in [5, 5.41) is 10.2. The van der Waals surface area contributed by atoms with Crippen LogP contribution in [-0.2, 0) is 10.0 Å². The van der Waals surface area contributed by atoms with Gasteiger partial charge in [-0.05, 0) is 13.8 Å². The molecule has 0 spiro atoms. The molecule has 1 heterocycles. The van der Waals surface area contributed by atoms with Crippen LogP contribution in [0.1, 0.15) is 21.7 Å². The van der Waals surface area contributed by atoms with Crippen LogP contribution in [-0.4, -0.2) is 43.6 Å². The predicted molar refractivity (Wildman–Crippen MR) is 61.2 cm³/mol. The van der Waals surface area contributed by atoms with Gasteiger partial charge in [-0.1, -0.05) is 0 Å². The topological polar surface area (TPSA) is 102 Å². The number of nitrogens with zero attached hydrogens (tertiary/aromatic N) is 1. The molecule has 0 bridgehead atoms. The van der Waals surface area contributed by atoms with E-state index in [9.17, 15) is 13.2 Å². The van der Waals surface area contributed by atoms with Crippen LogP contribution < -0.4 is 4.83 Å². The third-order valence-corrected chi connectivity index (χ3v) is 3.91. The average Bonchev–Trinajstić information content (AvgIpc) is 2.39. The second kappa shape index (κ2) is 4.47. The van der Waals surface area contributed by atoms with Crippen molar-refractivity contribution in [2.75, 3.05) is 14.1 Å². The van der Waals surface area contributed by atoms with Gasteiger partial charge in [0.1, 0.15) is 10.6 Å². The number of hydrogen-bond acceptors (Lipinski definition) is 4. The van der Waals surface area contributed by atoms with E-state index in [4.69, 9.17) is 5.11 Å². The monoisotopic (exact) mass is 261 g/mol. The number of hydrogen-bond donors (Lipinski definition) is 3. The van der Waals surface area contributed by atoms with Crippen LogP contribution in [0.15, 0.2) is 4.90 Å². The Morgan fingerprint density at radius 3 is 2.24 bits per heavy atom. The second-order valence-electron chi connectivity index (χ2n) is 3.87. The van der Waals surface area contributed by atoms with E-state index in [1.165, 1.54) is 33.0 Å². The molecule has 7 nitrogen and oxygen atoms in total. The second-order valence-corrected chi connectivity index (χ2v) is 5.47. The lowest BCUT2D eigenvalue weighted by atomic mass is 10.2. The number of aromatic nitrogens is 1. The van der Waals surface area contributed by atoms with Crippen molar-refractivity contribution in [3.63, 3.8) is 0 Å². The SMILES string of the molecule is Cc1[nH]c(C(=O)O)c(C)c1S(=O)(=O)NN(C)C. The first-order chi connectivity index (χ1) is 7.66. The van der Waals surface area contributed by atoms with Gasteiger partial charge in [-0.25, -0.2) is 18.2 Å². The summed E-state index contributed by atoms with van der Waals surface area (Å²) in [4.78, 5) is 15.7. The number of hydrazine groups is 1. The zero-order valence-electron chi connectivity index (χ0n) is 10.0. The summed E-state index contributed by atoms with van der Waals surface area (Å²) in [6.07, 6.45) is 0. The summed E-state index contributed by atoms with van der Waals surface area (Å²) in [7, 11) is -0.683. The number of aromatic carboxylic acids is 1. The fraction of sp³-hybridized carbons (Fsp3) is 0.444. The van der Waals surface area contributed by atoms with Gasteiger partial charge < -0.3 is 10.1 Å². The zero-order chi connectivity index (χ0) is 13.4. The Labute approximate surface area is 99.5 Å². The molecule has 0 radical (unpaired) electrons. The fourth-order valence-corrected chi connectivity index (χ4v) is 3.17. The summed E-state index contributed by atoms with van der Waals surface area (Å²) < 4.78 is 23.9. The van der Waals surface area contributed by atoms with Crippen molar-refractivity contribution in [3.8, 4) is 0 Å². The van der Waals surface area contributed by atoms with Crippen molar-refractivity contribution in [2.45, 2.75) is 18.7 Å². The molecule has 0 aliphatic carbocycles. The Balaban J connectivity index is 3.38. The largest absolute Gasteiger partial charge is 0.477 e. The Kier molecular flexibility index (Phi) is 3.60. The highest BCUT2D eigenvalue weighted by Crippen LogP contribution is 2.22. The van der Waals surface area contributed by atoms with Crippen molar-refractivity contribution in [3.05, 3.63) is 17.0 Å². The van der Waals surface area contributed by atoms with Crippen molar-refractivity contribution in [2.24, 2.45) is 0 Å². The standard InChI is InChI=1S/C9H15N3O4S/c1-5-7(9(13)14)10-6(2)8(5)17(15,16)11-12(3)4/h10-11H,1-4H3,(H,13,14). The molecular formula is C9H15N3O4S. The van der Waals surface area contributed by atoms with Crippen molar-refractivity contribution in [1.29, 1.82) is 0 Å². The highest BCUT2D eigenvalue weighted by atomic mass is 32.2. The van der Waals surface area contributed by atoms with Crippen molar-refractivity contribution < 1.29 is 18.3 Å². The van der Waals surface area contributed by atoms with Gasteiger partial charge in [-0.15, -0.1) is 4.83 Å². The van der Waals surface area contributed by atoms with Crippen LogP contribution in [0.2, 0.25) is 0 Å². The normalized spacial score (nSPS) is 12.1. The number of aryl methyl sites for hydroxylation is 1. The molecule has 0 saturated carbocycles. The Bertz CT molecular complexity index is 545. The minimum atomic E-state index is -3.75. The van der Waals surface area contributed by atoms with Crippen LogP contribution in [0.4, 0.5) is 0 Å². The number of H-pyrrole nitrogens is 1. The number of carboxylic acids is 1. The highest BCUT2D eigenvalue weighted by molar-refractivity contribution is 7.89. The molecule has 1 aromatic heterocycles. The molecule has 0 amide bonds. The van der Waals surface area contributed by atoms with E-state index >= 15 is 0 Å². The van der Waals surface area contributed by atoms with Gasteiger partial charge in [-0.3, -0.25) is 0 Å². The minimum Gasteiger partial charge on any atom is -0.477 e. The Morgan fingerprint density at radius 1 is 1.35 bits per heavy atom. The number of aromatic amines is 1. The van der Waals surface area contributed by atoms with E-state index in [0.717, 1.165) is 0 Å². The smallest absolute Gasteiger partial charge is 0.352 e. The molecule has 0 unspecified atom stereocenters. The van der Waals surface area contributed by atoms with Gasteiger partial charge >= 0.3 is 5.97 Å². The van der Waals surface area contributed by atoms with E-state index in [0.29, 0.717) is 5.69 Å². The first-order valence-electron chi connectivity index (χ1n) is 4.79. The third kappa shape index (κ3) is 2.65. The van der Waals surface area contributed by atoms with E-state index in [2.05, 4.69) is 9.82 Å². The molecule has 1 rings (SSSR count). The molecule has 1 aromatic rings. The molecule has 0 fully saturated rings. The molecule has 8 heteroatoms. The highest BCUT2D eigenvalue weighted by Gasteiger charge is 2.26. The van der Waals surface area contributed by atoms with Crippen LogP contribution in [0.25, 0.3) is 0 Å². The van der Waals surface area contributed by atoms with Gasteiger partial charge in [0.05, 0.1) is 0 Å². The van der Waals surface area contributed by atoms with E-state index in [-0.39, 0.29) is 16.2 Å². The van der Waals surface area contributed by atoms with Crippen LogP contribution >= 0.6 is 0 Å². The molecular weight excluding hydrogens is 246 g/mol. The molecule has 0 aliphatic heterocycles. The number of sulfonamides is 1. The van der Waals surface area contributed by atoms with E-state index < -0.39 is 16.0 Å². The van der Waals surface area contributed by atoms with Gasteiger partial charge in [0, 0.05) is 25.4 Å². The molecule has 3 N–H and O–H groups in total. The maximum Gasteiger partial charge on any atom is 0.352 e. The maximum atomic E-state index is 12.0. The number of carboxylic acid groups (broad SMARTS) is 1. The molecule has 17 heavy (non-hydrogen) atoms. The lowest BCUT2D eigenvalue weighted by molar-refractivity contribution is 0.0690. The summed E-state index contributed by atoms with van der Waals surface area (Å²) in [6.45, 7) is 2.97. The van der Waals surface area contributed by atoms with Gasteiger partial charge in [0.25, 0.3) is 10.0 Å². The fourth-order valence-electron chi connectivity index (χ4n) is 1.64. The summed E-state index contributed by atoms with van der Waals surface area (Å²) in [5.74, 6) is -1.18. The third-order valence-electron chi connectivity index (χ3n) is 2.15. The lowest BCUT2D eigenvalue weighted by Gasteiger charge is -2.12. The Hall–Kier alpha value is -1.38. The quantitative estimate of drug-likeness (QED) is 0.666. The molecule has 0 aliphatic rings. The van der Waals surface area contributed by atoms with Crippen LogP contribution in [0, 0.1) is 13.8 Å². The minimum absolute atomic E-state index is 0.0244. The predicted octanol–water partition coefficient (Wildman–Crippen LogP) is 0.0846. The number of nitrogens with one attached hydrogen (secondary N) is 2.